The van der Waals surface area contributed by atoms with Crippen molar-refractivity contribution < 1.29 is 9.59 Å². The van der Waals surface area contributed by atoms with Gasteiger partial charge in [-0.3, -0.25) is 9.59 Å². The fourth-order valence-electron chi connectivity index (χ4n) is 0.676. The Morgan fingerprint density at radius 3 is 2.64 bits per heavy atom. The van der Waals surface area contributed by atoms with E-state index in [2.05, 4.69) is 10.5 Å². The quantitative estimate of drug-likeness (QED) is 0.606. The Balaban J connectivity index is 2.59. The summed E-state index contributed by atoms with van der Waals surface area (Å²) in [5.74, 6) is -0.447. The molecule has 0 spiro atoms. The topological polar surface area (TPSA) is 58.5 Å². The van der Waals surface area contributed by atoms with Crippen molar-refractivity contribution in [3.63, 3.8) is 0 Å². The second kappa shape index (κ2) is 4.66. The van der Waals surface area contributed by atoms with Gasteiger partial charge in [-0.15, -0.1) is 11.3 Å². The molecule has 1 rings (SSSR count). The molecule has 14 heavy (non-hydrogen) atoms. The molecular weight excluding hydrogens is 200 g/mol. The van der Waals surface area contributed by atoms with E-state index in [1.807, 2.05) is 0 Å². The number of thiophene rings is 1. The van der Waals surface area contributed by atoms with Gasteiger partial charge in [0.25, 0.3) is 5.91 Å². The Labute approximate surface area is 85.6 Å². The molecule has 0 atom stereocenters. The largest absolute Gasteiger partial charge is 0.293 e. The highest BCUT2D eigenvalue weighted by molar-refractivity contribution is 7.12. The highest BCUT2D eigenvalue weighted by atomic mass is 32.1. The Morgan fingerprint density at radius 1 is 1.43 bits per heavy atom. The molecule has 74 valence electrons. The molecule has 0 radical (unpaired) electrons. The average molecular weight is 210 g/mol. The molecule has 0 saturated carbocycles. The zero-order valence-electron chi connectivity index (χ0n) is 7.90. The van der Waals surface area contributed by atoms with Crippen LogP contribution in [0.25, 0.3) is 0 Å². The van der Waals surface area contributed by atoms with Gasteiger partial charge in [-0.05, 0) is 18.4 Å². The molecule has 1 heterocycles. The van der Waals surface area contributed by atoms with E-state index in [0.29, 0.717) is 4.88 Å². The number of rotatable bonds is 3. The first kappa shape index (κ1) is 10.6. The molecule has 0 fully saturated rings. The molecule has 0 aliphatic carbocycles. The lowest BCUT2D eigenvalue weighted by atomic mass is 10.3. The first-order valence-electron chi connectivity index (χ1n) is 4.00. The Bertz CT molecular complexity index is 368. The normalized spacial score (nSPS) is 11.1. The molecule has 4 nitrogen and oxygen atoms in total. The first-order valence-corrected chi connectivity index (χ1v) is 4.88. The molecule has 1 amide bonds. The molecule has 0 unspecified atom stereocenters. The Morgan fingerprint density at radius 2 is 2.14 bits per heavy atom. The van der Waals surface area contributed by atoms with Gasteiger partial charge in [0.05, 0.1) is 4.88 Å². The number of nitrogens with one attached hydrogen (secondary N) is 1. The van der Waals surface area contributed by atoms with E-state index < -0.39 is 0 Å². The van der Waals surface area contributed by atoms with Crippen molar-refractivity contribution in [3.8, 4) is 0 Å². The van der Waals surface area contributed by atoms with Crippen molar-refractivity contribution in [2.24, 2.45) is 5.10 Å². The number of nitrogens with zero attached hydrogens (tertiary/aromatic N) is 1. The third kappa shape index (κ3) is 2.77. The molecule has 0 saturated heterocycles. The van der Waals surface area contributed by atoms with Gasteiger partial charge >= 0.3 is 0 Å². The van der Waals surface area contributed by atoms with Gasteiger partial charge in [0.15, 0.2) is 5.78 Å². The maximum Gasteiger partial charge on any atom is 0.281 e. The van der Waals surface area contributed by atoms with Gasteiger partial charge < -0.3 is 0 Å². The van der Waals surface area contributed by atoms with E-state index >= 15 is 0 Å². The molecule has 0 aromatic carbocycles. The number of hydrogen-bond donors (Lipinski definition) is 1. The lowest BCUT2D eigenvalue weighted by Gasteiger charge is -1.97. The van der Waals surface area contributed by atoms with Crippen LogP contribution in [0.3, 0.4) is 0 Å². The summed E-state index contributed by atoms with van der Waals surface area (Å²) in [6.45, 7) is 2.95. The molecule has 0 aliphatic heterocycles. The van der Waals surface area contributed by atoms with Gasteiger partial charge in [0, 0.05) is 6.92 Å². The fourth-order valence-corrected chi connectivity index (χ4v) is 1.29. The summed E-state index contributed by atoms with van der Waals surface area (Å²) in [6, 6.07) is 3.47. The summed E-state index contributed by atoms with van der Waals surface area (Å²) in [7, 11) is 0. The second-order valence-electron chi connectivity index (χ2n) is 2.67. The summed E-state index contributed by atoms with van der Waals surface area (Å²) in [5.41, 5.74) is 2.59. The third-order valence-electron chi connectivity index (χ3n) is 1.58. The third-order valence-corrected chi connectivity index (χ3v) is 2.45. The van der Waals surface area contributed by atoms with Crippen molar-refractivity contribution in [1.82, 2.24) is 5.43 Å². The van der Waals surface area contributed by atoms with E-state index in [-0.39, 0.29) is 17.4 Å². The first-order chi connectivity index (χ1) is 6.61. The average Bonchev–Trinajstić information content (AvgIpc) is 2.66. The van der Waals surface area contributed by atoms with Gasteiger partial charge in [-0.2, -0.15) is 5.10 Å². The molecule has 1 aromatic heterocycles. The van der Waals surface area contributed by atoms with Gasteiger partial charge in [0.2, 0.25) is 0 Å². The van der Waals surface area contributed by atoms with Crippen LogP contribution in [0.5, 0.6) is 0 Å². The number of Topliss-reactive ketones (excluding diaryl/α,β-unsaturated/α-hetero) is 1. The number of hydrazone groups is 1. The number of carbonyl (C=O) groups is 2. The summed E-state index contributed by atoms with van der Waals surface area (Å²) < 4.78 is 0. The second-order valence-corrected chi connectivity index (χ2v) is 3.62. The van der Waals surface area contributed by atoms with Gasteiger partial charge in [-0.25, -0.2) is 5.43 Å². The minimum Gasteiger partial charge on any atom is -0.293 e. The van der Waals surface area contributed by atoms with Crippen LogP contribution in [0, 0.1) is 0 Å². The Hall–Kier alpha value is -1.49. The molecule has 5 heteroatoms. The number of ketones is 1. The smallest absolute Gasteiger partial charge is 0.281 e. The summed E-state index contributed by atoms with van der Waals surface area (Å²) in [5, 5.41) is 5.46. The van der Waals surface area contributed by atoms with E-state index in [0.717, 1.165) is 0 Å². The maximum absolute atomic E-state index is 11.3. The number of hydrogen-bond acceptors (Lipinski definition) is 4. The van der Waals surface area contributed by atoms with Crippen LogP contribution in [0.2, 0.25) is 0 Å². The molecule has 0 bridgehead atoms. The highest BCUT2D eigenvalue weighted by Gasteiger charge is 2.05. The standard InChI is InChI=1S/C9H10N2O2S/c1-6(7(2)12)10-11-9(13)8-4-3-5-14-8/h3-5H,1-2H3,(H,11,13). The van der Waals surface area contributed by atoms with Crippen molar-refractivity contribution in [1.29, 1.82) is 0 Å². The van der Waals surface area contributed by atoms with E-state index in [9.17, 15) is 9.59 Å². The summed E-state index contributed by atoms with van der Waals surface area (Å²) >= 11 is 1.32. The van der Waals surface area contributed by atoms with Crippen molar-refractivity contribution in [2.45, 2.75) is 13.8 Å². The van der Waals surface area contributed by atoms with Crippen LogP contribution in [-0.2, 0) is 4.79 Å². The van der Waals surface area contributed by atoms with E-state index in [4.69, 9.17) is 0 Å². The Kier molecular flexibility index (Phi) is 3.53. The molecule has 0 aliphatic rings. The van der Waals surface area contributed by atoms with Gasteiger partial charge in [-0.1, -0.05) is 6.07 Å². The lowest BCUT2D eigenvalue weighted by molar-refractivity contribution is -0.111. The van der Waals surface area contributed by atoms with E-state index in [1.165, 1.54) is 18.3 Å². The van der Waals surface area contributed by atoms with Crippen molar-refractivity contribution in [3.05, 3.63) is 22.4 Å². The minimum atomic E-state index is -0.291. The monoisotopic (exact) mass is 210 g/mol. The van der Waals surface area contributed by atoms with Crippen LogP contribution >= 0.6 is 11.3 Å². The SMILES string of the molecule is CC(=O)C(C)=NNC(=O)c1cccs1. The van der Waals surface area contributed by atoms with Crippen LogP contribution in [0.4, 0.5) is 0 Å². The maximum atomic E-state index is 11.3. The number of amides is 1. The zero-order valence-corrected chi connectivity index (χ0v) is 8.72. The van der Waals surface area contributed by atoms with Crippen molar-refractivity contribution >= 4 is 28.7 Å². The van der Waals surface area contributed by atoms with Crippen LogP contribution < -0.4 is 5.43 Å². The van der Waals surface area contributed by atoms with Crippen molar-refractivity contribution in [2.75, 3.05) is 0 Å². The summed E-state index contributed by atoms with van der Waals surface area (Å²) in [4.78, 5) is 22.7. The minimum absolute atomic E-state index is 0.156. The summed E-state index contributed by atoms with van der Waals surface area (Å²) in [6.07, 6.45) is 0. The number of carbonyl (C=O) groups excluding carboxylic acids is 2. The molecule has 1 N–H and O–H groups in total. The van der Waals surface area contributed by atoms with Crippen LogP contribution in [0.1, 0.15) is 23.5 Å². The predicted octanol–water partition coefficient (Wildman–Crippen LogP) is 1.44. The predicted molar refractivity (Wildman–Crippen MR) is 55.6 cm³/mol. The lowest BCUT2D eigenvalue weighted by Crippen LogP contribution is -2.19. The highest BCUT2D eigenvalue weighted by Crippen LogP contribution is 2.07. The van der Waals surface area contributed by atoms with Crippen LogP contribution in [0.15, 0.2) is 22.6 Å². The van der Waals surface area contributed by atoms with E-state index in [1.54, 1.807) is 24.4 Å². The van der Waals surface area contributed by atoms with Crippen LogP contribution in [-0.4, -0.2) is 17.4 Å². The molecular formula is C9H10N2O2S. The zero-order chi connectivity index (χ0) is 10.6. The van der Waals surface area contributed by atoms with Gasteiger partial charge in [0.1, 0.15) is 5.71 Å². The fraction of sp³-hybridized carbons (Fsp3) is 0.222. The molecule has 1 aromatic rings.